The molecule has 3 heteroatoms. The van der Waals surface area contributed by atoms with E-state index in [1.807, 2.05) is 0 Å². The van der Waals surface area contributed by atoms with Crippen molar-refractivity contribution < 1.29 is 48.0 Å². The first-order valence-corrected chi connectivity index (χ1v) is 12.8. The topological polar surface area (TPSA) is 0 Å². The predicted molar refractivity (Wildman–Crippen MR) is 106 cm³/mol. The van der Waals surface area contributed by atoms with Gasteiger partial charge >= 0.3 is 172 Å². The van der Waals surface area contributed by atoms with E-state index in [4.69, 9.17) is 0 Å². The Morgan fingerprint density at radius 2 is 1.72 bits per heavy atom. The van der Waals surface area contributed by atoms with Crippen molar-refractivity contribution >= 4 is 6.08 Å². The maximum absolute atomic E-state index is 2.58. The molecule has 0 nitrogen and oxygen atoms in total. The Morgan fingerprint density at radius 1 is 0.828 bits per heavy atom. The molecule has 3 aromatic carbocycles. The van der Waals surface area contributed by atoms with Gasteiger partial charge in [-0.1, -0.05) is 0 Å². The summed E-state index contributed by atoms with van der Waals surface area (Å²) in [5, 5.41) is 0. The maximum Gasteiger partial charge on any atom is -1.00 e. The number of fused-ring (bicyclic) bond motifs is 3. The first-order valence-electron chi connectivity index (χ1n) is 10.2. The van der Waals surface area contributed by atoms with E-state index in [2.05, 4.69) is 66.7 Å². The number of rotatable bonds is 0. The van der Waals surface area contributed by atoms with Gasteiger partial charge in [0.1, 0.15) is 0 Å². The predicted octanol–water partition coefficient (Wildman–Crippen LogP) is 0.0318. The fourth-order valence-electron chi connectivity index (χ4n) is 6.13. The Balaban J connectivity index is 0.000000907. The van der Waals surface area contributed by atoms with Gasteiger partial charge in [-0.2, -0.15) is 0 Å². The minimum absolute atomic E-state index is 0. The van der Waals surface area contributed by atoms with Crippen LogP contribution in [0.4, 0.5) is 0 Å². The number of hydrogen-bond acceptors (Lipinski definition) is 0. The van der Waals surface area contributed by atoms with Crippen LogP contribution < -0.4 is 24.8 Å². The molecular weight excluding hydrogens is 474 g/mol. The van der Waals surface area contributed by atoms with Crippen LogP contribution in [0.5, 0.6) is 0 Å². The summed E-state index contributed by atoms with van der Waals surface area (Å²) in [4.78, 5) is 0. The molecule has 4 bridgehead atoms. The van der Waals surface area contributed by atoms with E-state index in [1.54, 1.807) is 39.0 Å². The fourth-order valence-corrected chi connectivity index (χ4v) is 12.0. The molecule has 0 fully saturated rings. The minimum atomic E-state index is -0.781. The summed E-state index contributed by atoms with van der Waals surface area (Å²) in [6.45, 7) is 0. The molecule has 2 unspecified atom stereocenters. The summed E-state index contributed by atoms with van der Waals surface area (Å²) in [7, 11) is 0. The van der Waals surface area contributed by atoms with Crippen LogP contribution in [0.2, 0.25) is 0 Å². The zero-order valence-electron chi connectivity index (χ0n) is 16.0. The summed E-state index contributed by atoms with van der Waals surface area (Å²) >= 11 is -0.781. The summed E-state index contributed by atoms with van der Waals surface area (Å²) in [5.74, 6) is 0. The van der Waals surface area contributed by atoms with Crippen molar-refractivity contribution in [2.45, 2.75) is 32.4 Å². The van der Waals surface area contributed by atoms with E-state index in [9.17, 15) is 0 Å². The third-order valence-corrected chi connectivity index (χ3v) is 12.8. The number of aryl methyl sites for hydroxylation is 2. The number of allylic oxidation sites excluding steroid dienone is 1. The summed E-state index contributed by atoms with van der Waals surface area (Å²) < 4.78 is 1.12. The first-order chi connectivity index (χ1) is 13.3. The Hall–Kier alpha value is -1.14. The summed E-state index contributed by atoms with van der Waals surface area (Å²) in [6.07, 6.45) is 7.60. The standard InChI is InChI=1S/C26H20.2ClH.Zr/c1-2-6-22-19(4-1)15-20-10-8-17-9-12-24-21(14-17)16-26-18(11-13-23(20)22)5-3-7-25(24)26;;;/h1-7,9,12,14-16H,8,10-11,13H2;2*1H;/q;;;+2/p-2. The van der Waals surface area contributed by atoms with Crippen LogP contribution in [0.3, 0.4) is 0 Å². The summed E-state index contributed by atoms with van der Waals surface area (Å²) in [5.41, 5.74) is 14.6. The molecule has 142 valence electrons. The van der Waals surface area contributed by atoms with Crippen molar-refractivity contribution in [1.29, 1.82) is 0 Å². The van der Waals surface area contributed by atoms with Gasteiger partial charge in [0.2, 0.25) is 0 Å². The Bertz CT molecular complexity index is 1180. The molecule has 0 saturated carbocycles. The quantitative estimate of drug-likeness (QED) is 0.414. The molecule has 0 aromatic heterocycles. The van der Waals surface area contributed by atoms with Gasteiger partial charge in [0.25, 0.3) is 0 Å². The normalized spacial score (nSPS) is 23.4. The van der Waals surface area contributed by atoms with Crippen molar-refractivity contribution in [3.63, 3.8) is 0 Å². The van der Waals surface area contributed by atoms with Crippen LogP contribution in [0.25, 0.3) is 17.2 Å². The van der Waals surface area contributed by atoms with Crippen LogP contribution in [-0.2, 0) is 39.2 Å². The molecule has 1 spiro atoms. The van der Waals surface area contributed by atoms with Crippen LogP contribution in [0.15, 0.2) is 66.2 Å². The third-order valence-electron chi connectivity index (χ3n) is 7.34. The Kier molecular flexibility index (Phi) is 4.74. The van der Waals surface area contributed by atoms with Gasteiger partial charge in [-0.05, 0) is 0 Å². The molecule has 0 N–H and O–H groups in total. The van der Waals surface area contributed by atoms with E-state index < -0.39 is 23.2 Å². The van der Waals surface area contributed by atoms with Crippen molar-refractivity contribution in [3.8, 4) is 11.1 Å². The molecule has 3 aromatic rings. The van der Waals surface area contributed by atoms with E-state index in [1.165, 1.54) is 36.8 Å². The average Bonchev–Trinajstić information content (AvgIpc) is 3.11. The second-order valence-electron chi connectivity index (χ2n) is 8.54. The third kappa shape index (κ3) is 2.54. The molecule has 2 aliphatic heterocycles. The molecular formula is C26H20Cl2Zr. The molecule has 2 atom stereocenters. The second-order valence-corrected chi connectivity index (χ2v) is 12.8. The number of benzene rings is 3. The van der Waals surface area contributed by atoms with Gasteiger partial charge in [-0.25, -0.2) is 0 Å². The van der Waals surface area contributed by atoms with Crippen LogP contribution in [0.1, 0.15) is 49.8 Å². The molecule has 2 aliphatic carbocycles. The van der Waals surface area contributed by atoms with Crippen molar-refractivity contribution in [2.75, 3.05) is 0 Å². The molecule has 0 saturated heterocycles. The van der Waals surface area contributed by atoms with Crippen LogP contribution in [0, 0.1) is 0 Å². The van der Waals surface area contributed by atoms with Gasteiger partial charge in [0.15, 0.2) is 0 Å². The van der Waals surface area contributed by atoms with Gasteiger partial charge in [0, 0.05) is 0 Å². The second kappa shape index (κ2) is 6.95. The molecule has 0 amide bonds. The largest absolute Gasteiger partial charge is 1.00 e. The zero-order chi connectivity index (χ0) is 17.6. The smallest absolute Gasteiger partial charge is 1.00 e. The van der Waals surface area contributed by atoms with Gasteiger partial charge in [0.05, 0.1) is 0 Å². The number of hydrogen-bond donors (Lipinski definition) is 0. The fraction of sp³-hybridized carbons (Fsp3) is 0.231. The van der Waals surface area contributed by atoms with Crippen LogP contribution >= 0.6 is 0 Å². The van der Waals surface area contributed by atoms with Crippen LogP contribution in [-0.4, -0.2) is 0 Å². The zero-order valence-corrected chi connectivity index (χ0v) is 20.0. The van der Waals surface area contributed by atoms with E-state index >= 15 is 0 Å². The minimum Gasteiger partial charge on any atom is -1.00 e. The number of halogens is 2. The Morgan fingerprint density at radius 3 is 2.66 bits per heavy atom. The molecule has 2 heterocycles. The van der Waals surface area contributed by atoms with E-state index in [0.29, 0.717) is 3.12 Å². The monoisotopic (exact) mass is 492 g/mol. The van der Waals surface area contributed by atoms with Crippen molar-refractivity contribution in [3.05, 3.63) is 99.6 Å². The Labute approximate surface area is 196 Å². The van der Waals surface area contributed by atoms with Crippen molar-refractivity contribution in [2.24, 2.45) is 0 Å². The van der Waals surface area contributed by atoms with Gasteiger partial charge in [-0.3, -0.25) is 0 Å². The molecule has 7 rings (SSSR count). The SMILES string of the molecule is C1=C2CCc3ccc4c(c3)[CH]3[Zr+2][C]2(CCc2cccc-4c23)c2ccccc21.[Cl-].[Cl-]. The molecule has 0 radical (unpaired) electrons. The summed E-state index contributed by atoms with van der Waals surface area (Å²) in [6, 6.07) is 23.8. The average molecular weight is 495 g/mol. The van der Waals surface area contributed by atoms with Gasteiger partial charge in [-0.15, -0.1) is 0 Å². The van der Waals surface area contributed by atoms with E-state index in [-0.39, 0.29) is 24.8 Å². The first kappa shape index (κ1) is 19.8. The van der Waals surface area contributed by atoms with E-state index in [0.717, 1.165) is 3.63 Å². The maximum atomic E-state index is 2.58. The van der Waals surface area contributed by atoms with Crippen molar-refractivity contribution in [1.82, 2.24) is 0 Å². The van der Waals surface area contributed by atoms with Gasteiger partial charge < -0.3 is 24.8 Å². The molecule has 4 aliphatic rings. The molecule has 29 heavy (non-hydrogen) atoms.